The van der Waals surface area contributed by atoms with E-state index in [1.165, 1.54) is 4.68 Å². The van der Waals surface area contributed by atoms with Crippen molar-refractivity contribution in [2.75, 3.05) is 5.32 Å². The largest absolute Gasteiger partial charge is 0.378 e. The number of hydrogen-bond donors (Lipinski definition) is 1. The number of halogens is 1. The maximum Gasteiger partial charge on any atom is 0.287 e. The van der Waals surface area contributed by atoms with Gasteiger partial charge in [0.2, 0.25) is 0 Å². The van der Waals surface area contributed by atoms with E-state index in [9.17, 15) is 4.79 Å². The van der Waals surface area contributed by atoms with Gasteiger partial charge in [-0.2, -0.15) is 10.2 Å². The molecule has 114 valence electrons. The minimum Gasteiger partial charge on any atom is -0.378 e. The van der Waals surface area contributed by atoms with Gasteiger partial charge >= 0.3 is 0 Å². The molecule has 0 saturated carbocycles. The summed E-state index contributed by atoms with van der Waals surface area (Å²) in [7, 11) is 1.89. The van der Waals surface area contributed by atoms with Gasteiger partial charge in [-0.05, 0) is 12.8 Å². The molecule has 0 bridgehead atoms. The minimum atomic E-state index is -0.259. The normalized spacial score (nSPS) is 10.9. The number of hydrogen-bond acceptors (Lipinski definition) is 4. The molecule has 2 aromatic rings. The molecule has 2 rings (SSSR count). The molecule has 7 heteroatoms. The molecule has 6 nitrogen and oxygen atoms in total. The SMILES string of the molecule is CCCn1ncc(NCc2cn(C)nc2CC)c(Cl)c1=O. The highest BCUT2D eigenvalue weighted by Gasteiger charge is 2.10. The fourth-order valence-corrected chi connectivity index (χ4v) is 2.39. The van der Waals surface area contributed by atoms with Crippen LogP contribution in [-0.4, -0.2) is 19.6 Å². The average Bonchev–Trinajstić information content (AvgIpc) is 2.83. The first kappa shape index (κ1) is 15.6. The standard InChI is InChI=1S/C14H20ClN5O/c1-4-6-20-14(21)13(15)12(8-17-20)16-7-10-9-19(3)18-11(10)5-2/h8-9,16H,4-7H2,1-3H3. The van der Waals surface area contributed by atoms with Gasteiger partial charge in [0.15, 0.2) is 0 Å². The maximum absolute atomic E-state index is 12.0. The van der Waals surface area contributed by atoms with Crippen LogP contribution in [-0.2, 0) is 26.6 Å². The minimum absolute atomic E-state index is 0.181. The Hall–Kier alpha value is -1.82. The summed E-state index contributed by atoms with van der Waals surface area (Å²) in [4.78, 5) is 12.0. The third-order valence-electron chi connectivity index (χ3n) is 3.22. The van der Waals surface area contributed by atoms with E-state index in [0.717, 1.165) is 24.1 Å². The van der Waals surface area contributed by atoms with Crippen LogP contribution in [0.25, 0.3) is 0 Å². The van der Waals surface area contributed by atoms with Crippen LogP contribution in [0.1, 0.15) is 31.5 Å². The summed E-state index contributed by atoms with van der Waals surface area (Å²) < 4.78 is 3.17. The highest BCUT2D eigenvalue weighted by molar-refractivity contribution is 6.32. The molecule has 21 heavy (non-hydrogen) atoms. The molecule has 0 saturated heterocycles. The van der Waals surface area contributed by atoms with Crippen LogP contribution >= 0.6 is 11.6 Å². The number of aromatic nitrogens is 4. The van der Waals surface area contributed by atoms with Gasteiger partial charge in [-0.3, -0.25) is 9.48 Å². The second kappa shape index (κ2) is 6.76. The monoisotopic (exact) mass is 309 g/mol. The Bertz CT molecular complexity index is 676. The second-order valence-electron chi connectivity index (χ2n) is 4.88. The molecule has 2 heterocycles. The summed E-state index contributed by atoms with van der Waals surface area (Å²) in [6.45, 7) is 5.19. The summed E-state index contributed by atoms with van der Waals surface area (Å²) in [5.41, 5.74) is 2.42. The molecule has 1 N–H and O–H groups in total. The zero-order chi connectivity index (χ0) is 15.4. The predicted molar refractivity (Wildman–Crippen MR) is 83.7 cm³/mol. The number of anilines is 1. The maximum atomic E-state index is 12.0. The van der Waals surface area contributed by atoms with Gasteiger partial charge in [0.05, 0.1) is 17.6 Å². The Kier molecular flexibility index (Phi) is 5.01. The Balaban J connectivity index is 2.17. The van der Waals surface area contributed by atoms with Crippen LogP contribution in [0.4, 0.5) is 5.69 Å². The van der Waals surface area contributed by atoms with E-state index in [1.807, 2.05) is 20.2 Å². The van der Waals surface area contributed by atoms with Crippen molar-refractivity contribution in [2.24, 2.45) is 7.05 Å². The molecule has 0 aliphatic heterocycles. The van der Waals surface area contributed by atoms with Crippen LogP contribution in [0, 0.1) is 0 Å². The summed E-state index contributed by atoms with van der Waals surface area (Å²) in [5.74, 6) is 0. The van der Waals surface area contributed by atoms with E-state index in [1.54, 1.807) is 10.9 Å². The molecule has 0 aromatic carbocycles. The van der Waals surface area contributed by atoms with E-state index in [4.69, 9.17) is 11.6 Å². The van der Waals surface area contributed by atoms with E-state index < -0.39 is 0 Å². The molecular formula is C14H20ClN5O. The van der Waals surface area contributed by atoms with Crippen LogP contribution in [0.3, 0.4) is 0 Å². The summed E-state index contributed by atoms with van der Waals surface area (Å²) in [5, 5.41) is 11.9. The van der Waals surface area contributed by atoms with E-state index in [2.05, 4.69) is 22.4 Å². The van der Waals surface area contributed by atoms with Crippen molar-refractivity contribution in [3.63, 3.8) is 0 Å². The van der Waals surface area contributed by atoms with Crippen molar-refractivity contribution >= 4 is 17.3 Å². The van der Waals surface area contributed by atoms with Gasteiger partial charge in [0, 0.05) is 31.9 Å². The third kappa shape index (κ3) is 3.44. The van der Waals surface area contributed by atoms with Gasteiger partial charge in [-0.25, -0.2) is 4.68 Å². The van der Waals surface area contributed by atoms with Crippen molar-refractivity contribution in [3.05, 3.63) is 39.0 Å². The molecule has 0 spiro atoms. The van der Waals surface area contributed by atoms with Gasteiger partial charge < -0.3 is 5.32 Å². The fraction of sp³-hybridized carbons (Fsp3) is 0.500. The van der Waals surface area contributed by atoms with E-state index in [0.29, 0.717) is 18.8 Å². The lowest BCUT2D eigenvalue weighted by Gasteiger charge is -2.09. The zero-order valence-electron chi connectivity index (χ0n) is 12.6. The molecule has 0 aliphatic carbocycles. The molecule has 0 aliphatic rings. The first-order valence-corrected chi connectivity index (χ1v) is 7.45. The van der Waals surface area contributed by atoms with Crippen molar-refractivity contribution < 1.29 is 0 Å². The van der Waals surface area contributed by atoms with E-state index in [-0.39, 0.29) is 10.6 Å². The second-order valence-corrected chi connectivity index (χ2v) is 5.26. The quantitative estimate of drug-likeness (QED) is 0.888. The first-order valence-electron chi connectivity index (χ1n) is 7.07. The molecule has 0 fully saturated rings. The van der Waals surface area contributed by atoms with Gasteiger partial charge in [-0.1, -0.05) is 25.4 Å². The number of nitrogens with one attached hydrogen (secondary N) is 1. The summed E-state index contributed by atoms with van der Waals surface area (Å²) in [6, 6.07) is 0. The Morgan fingerprint density at radius 2 is 2.14 bits per heavy atom. The molecule has 0 amide bonds. The third-order valence-corrected chi connectivity index (χ3v) is 3.58. The lowest BCUT2D eigenvalue weighted by Crippen LogP contribution is -2.24. The van der Waals surface area contributed by atoms with Gasteiger partial charge in [0.25, 0.3) is 5.56 Å². The Morgan fingerprint density at radius 3 is 2.81 bits per heavy atom. The van der Waals surface area contributed by atoms with Crippen molar-refractivity contribution in [3.8, 4) is 0 Å². The van der Waals surface area contributed by atoms with E-state index >= 15 is 0 Å². The summed E-state index contributed by atoms with van der Waals surface area (Å²) in [6.07, 6.45) is 5.26. The average molecular weight is 310 g/mol. The number of rotatable bonds is 6. The van der Waals surface area contributed by atoms with Crippen LogP contribution in [0.5, 0.6) is 0 Å². The Morgan fingerprint density at radius 1 is 1.38 bits per heavy atom. The van der Waals surface area contributed by atoms with Crippen LogP contribution in [0.2, 0.25) is 5.02 Å². The molecule has 0 atom stereocenters. The van der Waals surface area contributed by atoms with Gasteiger partial charge in [0.1, 0.15) is 5.02 Å². The first-order chi connectivity index (χ1) is 10.1. The predicted octanol–water partition coefficient (Wildman–Crippen LogP) is 2.21. The lowest BCUT2D eigenvalue weighted by atomic mass is 10.2. The van der Waals surface area contributed by atoms with Crippen molar-refractivity contribution in [1.82, 2.24) is 19.6 Å². The van der Waals surface area contributed by atoms with Crippen molar-refractivity contribution in [1.29, 1.82) is 0 Å². The highest BCUT2D eigenvalue weighted by atomic mass is 35.5. The topological polar surface area (TPSA) is 64.7 Å². The molecular weight excluding hydrogens is 290 g/mol. The molecule has 0 unspecified atom stereocenters. The van der Waals surface area contributed by atoms with Crippen LogP contribution in [0.15, 0.2) is 17.2 Å². The summed E-state index contributed by atoms with van der Waals surface area (Å²) >= 11 is 6.12. The lowest BCUT2D eigenvalue weighted by molar-refractivity contribution is 0.568. The fourth-order valence-electron chi connectivity index (χ4n) is 2.18. The Labute approximate surface area is 128 Å². The highest BCUT2D eigenvalue weighted by Crippen LogP contribution is 2.17. The number of nitrogens with zero attached hydrogens (tertiary/aromatic N) is 4. The number of aryl methyl sites for hydroxylation is 3. The van der Waals surface area contributed by atoms with Gasteiger partial charge in [-0.15, -0.1) is 0 Å². The molecule has 2 aromatic heterocycles. The zero-order valence-corrected chi connectivity index (χ0v) is 13.3. The van der Waals surface area contributed by atoms with Crippen molar-refractivity contribution in [2.45, 2.75) is 39.8 Å². The smallest absolute Gasteiger partial charge is 0.287 e. The molecule has 0 radical (unpaired) electrons. The van der Waals surface area contributed by atoms with Crippen LogP contribution < -0.4 is 10.9 Å².